The summed E-state index contributed by atoms with van der Waals surface area (Å²) in [5, 5.41) is 3.18. The molecule has 1 unspecified atom stereocenters. The highest BCUT2D eigenvalue weighted by atomic mass is 32.2. The Hall–Kier alpha value is -1.99. The number of piperidine rings is 1. The topological polar surface area (TPSA) is 79.0 Å². The van der Waals surface area contributed by atoms with Gasteiger partial charge in [0.15, 0.2) is 0 Å². The second-order valence-electron chi connectivity index (χ2n) is 6.26. The van der Waals surface area contributed by atoms with Gasteiger partial charge in [0.25, 0.3) is 0 Å². The molecule has 1 N–H and O–H groups in total. The number of rotatable bonds is 3. The molecule has 0 spiro atoms. The monoisotopic (exact) mass is 344 g/mol. The van der Waals surface area contributed by atoms with Gasteiger partial charge >= 0.3 is 0 Å². The minimum Gasteiger partial charge on any atom is -0.346 e. The lowest BCUT2D eigenvalue weighted by Gasteiger charge is -2.31. The van der Waals surface area contributed by atoms with Crippen LogP contribution in [0.3, 0.4) is 0 Å². The molecule has 1 aliphatic heterocycles. The highest BCUT2D eigenvalue weighted by molar-refractivity contribution is 7.89. The molecule has 1 saturated heterocycles. The van der Waals surface area contributed by atoms with E-state index in [0.717, 1.165) is 40.3 Å². The summed E-state index contributed by atoms with van der Waals surface area (Å²) < 4.78 is 26.1. The Kier molecular flexibility index (Phi) is 3.77. The van der Waals surface area contributed by atoms with E-state index in [4.69, 9.17) is 0 Å². The van der Waals surface area contributed by atoms with Gasteiger partial charge in [-0.15, -0.1) is 0 Å². The standard InChI is InChI=1S/C17H20N4O2S/c1-2-24(22,23)21-9-3-4-13(11-21)16-15-12(5-7-18-16)10-20-17-14(15)6-8-19-17/h5-8,10,13H,2-4,9,11H2,1H3,(H,19,20). The number of nitrogens with zero attached hydrogens (tertiary/aromatic N) is 3. The van der Waals surface area contributed by atoms with Crippen LogP contribution in [0.5, 0.6) is 0 Å². The number of pyridine rings is 2. The Morgan fingerprint density at radius 1 is 1.33 bits per heavy atom. The number of aromatic amines is 1. The van der Waals surface area contributed by atoms with Gasteiger partial charge in [0.1, 0.15) is 5.65 Å². The van der Waals surface area contributed by atoms with Gasteiger partial charge in [0.05, 0.1) is 11.4 Å². The van der Waals surface area contributed by atoms with Gasteiger partial charge in [0.2, 0.25) is 10.0 Å². The molecule has 0 bridgehead atoms. The summed E-state index contributed by atoms with van der Waals surface area (Å²) in [6.45, 7) is 2.82. The largest absolute Gasteiger partial charge is 0.346 e. The molecule has 0 radical (unpaired) electrons. The van der Waals surface area contributed by atoms with Crippen molar-refractivity contribution in [2.75, 3.05) is 18.8 Å². The number of sulfonamides is 1. The zero-order chi connectivity index (χ0) is 16.7. The first-order valence-corrected chi connectivity index (χ1v) is 9.89. The van der Waals surface area contributed by atoms with Crippen molar-refractivity contribution in [3.05, 3.63) is 36.4 Å². The Morgan fingerprint density at radius 2 is 2.21 bits per heavy atom. The average Bonchev–Trinajstić information content (AvgIpc) is 3.10. The SMILES string of the molecule is CCS(=O)(=O)N1CCCC(c2nccc3cnc4[nH]ccc4c23)C1. The molecule has 1 atom stereocenters. The van der Waals surface area contributed by atoms with E-state index in [1.807, 2.05) is 24.5 Å². The van der Waals surface area contributed by atoms with Crippen LogP contribution in [0, 0.1) is 0 Å². The van der Waals surface area contributed by atoms with Crippen LogP contribution in [-0.2, 0) is 10.0 Å². The van der Waals surface area contributed by atoms with Crippen molar-refractivity contribution in [1.82, 2.24) is 19.3 Å². The lowest BCUT2D eigenvalue weighted by Crippen LogP contribution is -2.40. The van der Waals surface area contributed by atoms with E-state index < -0.39 is 10.0 Å². The first-order chi connectivity index (χ1) is 11.6. The Bertz CT molecular complexity index is 996. The van der Waals surface area contributed by atoms with Gasteiger partial charge in [-0.1, -0.05) is 0 Å². The van der Waals surface area contributed by atoms with Crippen molar-refractivity contribution in [2.24, 2.45) is 0 Å². The molecule has 126 valence electrons. The van der Waals surface area contributed by atoms with Crippen LogP contribution in [-0.4, -0.2) is 46.5 Å². The summed E-state index contributed by atoms with van der Waals surface area (Å²) >= 11 is 0. The minimum absolute atomic E-state index is 0.115. The maximum Gasteiger partial charge on any atom is 0.213 e. The lowest BCUT2D eigenvalue weighted by molar-refractivity contribution is 0.314. The predicted octanol–water partition coefficient (Wildman–Crippen LogP) is 2.64. The molecule has 24 heavy (non-hydrogen) atoms. The third-order valence-corrected chi connectivity index (χ3v) is 6.72. The predicted molar refractivity (Wildman–Crippen MR) is 94.4 cm³/mol. The van der Waals surface area contributed by atoms with Gasteiger partial charge < -0.3 is 4.98 Å². The molecule has 4 rings (SSSR count). The van der Waals surface area contributed by atoms with E-state index in [0.29, 0.717) is 13.1 Å². The van der Waals surface area contributed by atoms with Gasteiger partial charge in [0, 0.05) is 53.8 Å². The summed E-state index contributed by atoms with van der Waals surface area (Å²) in [6.07, 6.45) is 7.34. The third-order valence-electron chi connectivity index (χ3n) is 4.87. The maximum absolute atomic E-state index is 12.3. The van der Waals surface area contributed by atoms with E-state index >= 15 is 0 Å². The van der Waals surface area contributed by atoms with E-state index in [2.05, 4.69) is 15.0 Å². The van der Waals surface area contributed by atoms with Gasteiger partial charge in [-0.05, 0) is 31.9 Å². The third kappa shape index (κ3) is 2.48. The number of aromatic nitrogens is 3. The van der Waals surface area contributed by atoms with E-state index in [9.17, 15) is 8.42 Å². The number of hydrogen-bond donors (Lipinski definition) is 1. The quantitative estimate of drug-likeness (QED) is 0.792. The van der Waals surface area contributed by atoms with Crippen molar-refractivity contribution >= 4 is 31.8 Å². The van der Waals surface area contributed by atoms with Crippen LogP contribution < -0.4 is 0 Å². The molecule has 0 aliphatic carbocycles. The molecule has 0 amide bonds. The summed E-state index contributed by atoms with van der Waals surface area (Å²) in [6, 6.07) is 3.97. The van der Waals surface area contributed by atoms with E-state index in [1.165, 1.54) is 0 Å². The van der Waals surface area contributed by atoms with Crippen molar-refractivity contribution in [1.29, 1.82) is 0 Å². The van der Waals surface area contributed by atoms with Crippen molar-refractivity contribution < 1.29 is 8.42 Å². The first kappa shape index (κ1) is 15.5. The summed E-state index contributed by atoms with van der Waals surface area (Å²) in [4.78, 5) is 12.2. The minimum atomic E-state index is -3.16. The van der Waals surface area contributed by atoms with Crippen molar-refractivity contribution in [3.8, 4) is 0 Å². The molecule has 4 heterocycles. The highest BCUT2D eigenvalue weighted by Gasteiger charge is 2.30. The zero-order valence-electron chi connectivity index (χ0n) is 13.6. The van der Waals surface area contributed by atoms with Crippen LogP contribution >= 0.6 is 0 Å². The first-order valence-electron chi connectivity index (χ1n) is 8.28. The molecule has 3 aromatic rings. The van der Waals surface area contributed by atoms with Crippen molar-refractivity contribution in [3.63, 3.8) is 0 Å². The zero-order valence-corrected chi connectivity index (χ0v) is 14.4. The Morgan fingerprint density at radius 3 is 3.04 bits per heavy atom. The van der Waals surface area contributed by atoms with Crippen LogP contribution in [0.2, 0.25) is 0 Å². The second kappa shape index (κ2) is 5.82. The van der Waals surface area contributed by atoms with Crippen LogP contribution in [0.25, 0.3) is 21.8 Å². The smallest absolute Gasteiger partial charge is 0.213 e. The summed E-state index contributed by atoms with van der Waals surface area (Å²) in [7, 11) is -3.16. The second-order valence-corrected chi connectivity index (χ2v) is 8.51. The molecule has 6 nitrogen and oxygen atoms in total. The molecule has 7 heteroatoms. The fourth-order valence-corrected chi connectivity index (χ4v) is 4.79. The maximum atomic E-state index is 12.3. The molecule has 1 aliphatic rings. The van der Waals surface area contributed by atoms with Gasteiger partial charge in [-0.2, -0.15) is 0 Å². The lowest BCUT2D eigenvalue weighted by atomic mass is 9.92. The number of H-pyrrole nitrogens is 1. The molecule has 3 aromatic heterocycles. The summed E-state index contributed by atoms with van der Waals surface area (Å²) in [5.41, 5.74) is 1.82. The fourth-order valence-electron chi connectivity index (χ4n) is 3.61. The Balaban J connectivity index is 1.83. The van der Waals surface area contributed by atoms with E-state index in [1.54, 1.807) is 17.4 Å². The fraction of sp³-hybridized carbons (Fsp3) is 0.412. The molecular weight excluding hydrogens is 324 g/mol. The van der Waals surface area contributed by atoms with Crippen LogP contribution in [0.1, 0.15) is 31.4 Å². The van der Waals surface area contributed by atoms with E-state index in [-0.39, 0.29) is 11.7 Å². The van der Waals surface area contributed by atoms with Crippen LogP contribution in [0.15, 0.2) is 30.7 Å². The average molecular weight is 344 g/mol. The molecule has 1 fully saturated rings. The number of hydrogen-bond acceptors (Lipinski definition) is 4. The van der Waals surface area contributed by atoms with Gasteiger partial charge in [-0.25, -0.2) is 17.7 Å². The summed E-state index contributed by atoms with van der Waals surface area (Å²) in [5.74, 6) is 0.263. The van der Waals surface area contributed by atoms with Gasteiger partial charge in [-0.3, -0.25) is 4.98 Å². The normalized spacial score (nSPS) is 20.0. The van der Waals surface area contributed by atoms with Crippen molar-refractivity contribution in [2.45, 2.75) is 25.7 Å². The molecule has 0 aromatic carbocycles. The van der Waals surface area contributed by atoms with Crippen LogP contribution in [0.4, 0.5) is 0 Å². The highest BCUT2D eigenvalue weighted by Crippen LogP contribution is 2.34. The molecular formula is C17H20N4O2S. The molecule has 0 saturated carbocycles. The number of fused-ring (bicyclic) bond motifs is 3. The Labute approximate surface area is 141 Å². The number of nitrogens with one attached hydrogen (secondary N) is 1.